The van der Waals surface area contributed by atoms with Crippen LogP contribution in [-0.2, 0) is 14.8 Å². The van der Waals surface area contributed by atoms with Crippen LogP contribution in [0.2, 0.25) is 5.02 Å². The molecule has 1 aliphatic rings. The Labute approximate surface area is 163 Å². The van der Waals surface area contributed by atoms with E-state index in [-0.39, 0.29) is 23.6 Å². The van der Waals surface area contributed by atoms with Crippen molar-refractivity contribution in [2.45, 2.75) is 17.4 Å². The molecule has 1 aliphatic heterocycles. The van der Waals surface area contributed by atoms with Gasteiger partial charge in [0.1, 0.15) is 6.33 Å². The molecule has 1 saturated heterocycles. The van der Waals surface area contributed by atoms with E-state index in [1.807, 2.05) is 0 Å². The van der Waals surface area contributed by atoms with Crippen molar-refractivity contribution in [3.8, 4) is 0 Å². The van der Waals surface area contributed by atoms with Gasteiger partial charge in [0.25, 0.3) is 0 Å². The van der Waals surface area contributed by atoms with Crippen LogP contribution >= 0.6 is 11.6 Å². The van der Waals surface area contributed by atoms with Crippen molar-refractivity contribution in [3.05, 3.63) is 65.3 Å². The minimum absolute atomic E-state index is 0.0775. The van der Waals surface area contributed by atoms with Crippen LogP contribution in [0.4, 0.5) is 0 Å². The number of carbonyl (C=O) groups excluding carboxylic acids is 1. The number of Topliss-reactive ketones (excluding diaryl/α,β-unsaturated/α-hetero) is 1. The molecule has 0 aliphatic carbocycles. The second kappa shape index (κ2) is 7.75. The first kappa shape index (κ1) is 19.5. The van der Waals surface area contributed by atoms with Crippen molar-refractivity contribution in [1.82, 2.24) is 19.2 Å². The summed E-state index contributed by atoms with van der Waals surface area (Å²) >= 11 is 5.89. The lowest BCUT2D eigenvalue weighted by molar-refractivity contribution is -0.117. The van der Waals surface area contributed by atoms with Gasteiger partial charge in [-0.25, -0.2) is 18.4 Å². The smallest absolute Gasteiger partial charge is 0.243 e. The normalized spacial score (nSPS) is 20.0. The highest BCUT2D eigenvalue weighted by Gasteiger charge is 2.41. The number of nitrogens with zero attached hydrogens (tertiary/aromatic N) is 4. The highest BCUT2D eigenvalue weighted by molar-refractivity contribution is 7.89. The number of halogens is 1. The van der Waals surface area contributed by atoms with Crippen molar-refractivity contribution < 1.29 is 13.2 Å². The van der Waals surface area contributed by atoms with Gasteiger partial charge in [0.15, 0.2) is 5.78 Å². The Morgan fingerprint density at radius 1 is 1.19 bits per heavy atom. The molecule has 2 aromatic rings. The van der Waals surface area contributed by atoms with Crippen LogP contribution in [0.5, 0.6) is 0 Å². The molecular formula is C18H19ClN4O3S. The third kappa shape index (κ3) is 4.02. The van der Waals surface area contributed by atoms with Gasteiger partial charge in [-0.2, -0.15) is 4.31 Å². The SMILES string of the molecule is CN(C)/C=C1/C(=O)CCN(S(=O)(=O)c2ccc(Cl)cc2)C1c1cncnc1. The van der Waals surface area contributed by atoms with Crippen LogP contribution in [0.1, 0.15) is 18.0 Å². The third-order valence-electron chi connectivity index (χ3n) is 4.18. The fourth-order valence-corrected chi connectivity index (χ4v) is 4.73. The number of rotatable bonds is 4. The van der Waals surface area contributed by atoms with Crippen molar-refractivity contribution >= 4 is 27.4 Å². The second-order valence-corrected chi connectivity index (χ2v) is 8.69. The zero-order valence-corrected chi connectivity index (χ0v) is 16.5. The van der Waals surface area contributed by atoms with Crippen LogP contribution < -0.4 is 0 Å². The maximum absolute atomic E-state index is 13.3. The average Bonchev–Trinajstić information content (AvgIpc) is 2.64. The van der Waals surface area contributed by atoms with Gasteiger partial charge in [0.05, 0.1) is 10.9 Å². The molecule has 0 radical (unpaired) electrons. The summed E-state index contributed by atoms with van der Waals surface area (Å²) in [6.07, 6.45) is 6.19. The summed E-state index contributed by atoms with van der Waals surface area (Å²) < 4.78 is 27.9. The Bertz CT molecular complexity index is 960. The molecule has 1 unspecified atom stereocenters. The first-order chi connectivity index (χ1) is 12.8. The van der Waals surface area contributed by atoms with Crippen LogP contribution in [0.15, 0.2) is 59.7 Å². The van der Waals surface area contributed by atoms with Gasteiger partial charge in [0, 0.05) is 61.8 Å². The van der Waals surface area contributed by atoms with E-state index in [4.69, 9.17) is 11.6 Å². The van der Waals surface area contributed by atoms with E-state index in [0.717, 1.165) is 0 Å². The highest BCUT2D eigenvalue weighted by Crippen LogP contribution is 2.37. The number of piperidine rings is 1. The summed E-state index contributed by atoms with van der Waals surface area (Å²) in [6, 6.07) is 5.18. The van der Waals surface area contributed by atoms with E-state index in [1.54, 1.807) is 25.2 Å². The maximum Gasteiger partial charge on any atom is 0.243 e. The fraction of sp³-hybridized carbons (Fsp3) is 0.278. The van der Waals surface area contributed by atoms with Crippen LogP contribution in [0.3, 0.4) is 0 Å². The first-order valence-corrected chi connectivity index (χ1v) is 10.1. The minimum Gasteiger partial charge on any atom is -0.383 e. The van der Waals surface area contributed by atoms with E-state index in [9.17, 15) is 13.2 Å². The predicted molar refractivity (Wildman–Crippen MR) is 102 cm³/mol. The van der Waals surface area contributed by atoms with E-state index in [2.05, 4.69) is 9.97 Å². The molecule has 0 spiro atoms. The summed E-state index contributed by atoms with van der Waals surface area (Å²) in [6.45, 7) is 0.0775. The molecule has 2 heterocycles. The van der Waals surface area contributed by atoms with Gasteiger partial charge in [-0.05, 0) is 24.3 Å². The van der Waals surface area contributed by atoms with Crippen molar-refractivity contribution in [1.29, 1.82) is 0 Å². The van der Waals surface area contributed by atoms with Gasteiger partial charge < -0.3 is 4.90 Å². The summed E-state index contributed by atoms with van der Waals surface area (Å²) in [5, 5.41) is 0.448. The van der Waals surface area contributed by atoms with Crippen molar-refractivity contribution in [3.63, 3.8) is 0 Å². The third-order valence-corrected chi connectivity index (χ3v) is 6.31. The summed E-state index contributed by atoms with van der Waals surface area (Å²) in [4.78, 5) is 22.4. The number of aromatic nitrogens is 2. The van der Waals surface area contributed by atoms with Gasteiger partial charge in [-0.15, -0.1) is 0 Å². The first-order valence-electron chi connectivity index (χ1n) is 8.24. The topological polar surface area (TPSA) is 83.5 Å². The zero-order chi connectivity index (χ0) is 19.6. The molecule has 1 aromatic carbocycles. The summed E-state index contributed by atoms with van der Waals surface area (Å²) in [5.74, 6) is -0.0971. The monoisotopic (exact) mass is 406 g/mol. The van der Waals surface area contributed by atoms with Crippen molar-refractivity contribution in [2.24, 2.45) is 0 Å². The largest absolute Gasteiger partial charge is 0.383 e. The standard InChI is InChI=1S/C18H19ClN4O3S/c1-22(2)11-16-17(24)7-8-23(18(16)13-9-20-12-21-10-13)27(25,26)15-5-3-14(19)4-6-15/h3-6,9-12,18H,7-8H2,1-2H3/b16-11-. The lowest BCUT2D eigenvalue weighted by atomic mass is 9.93. The molecule has 142 valence electrons. The number of carbonyl (C=O) groups is 1. The molecule has 27 heavy (non-hydrogen) atoms. The Kier molecular flexibility index (Phi) is 5.59. The Morgan fingerprint density at radius 3 is 2.41 bits per heavy atom. The number of sulfonamides is 1. The molecule has 0 saturated carbocycles. The molecule has 1 fully saturated rings. The molecule has 1 atom stereocenters. The molecule has 1 aromatic heterocycles. The van der Waals surface area contributed by atoms with E-state index in [1.165, 1.54) is 47.3 Å². The Balaban J connectivity index is 2.14. The summed E-state index contributed by atoms with van der Waals surface area (Å²) in [7, 11) is -0.294. The zero-order valence-electron chi connectivity index (χ0n) is 14.9. The number of hydrogen-bond donors (Lipinski definition) is 0. The number of ketones is 1. The molecule has 0 N–H and O–H groups in total. The quantitative estimate of drug-likeness (QED) is 0.724. The van der Waals surface area contributed by atoms with Crippen LogP contribution in [-0.4, -0.2) is 54.0 Å². The summed E-state index contributed by atoms with van der Waals surface area (Å²) in [5.41, 5.74) is 0.926. The van der Waals surface area contributed by atoms with Gasteiger partial charge in [0.2, 0.25) is 10.0 Å². The number of hydrogen-bond acceptors (Lipinski definition) is 6. The van der Waals surface area contributed by atoms with Gasteiger partial charge in [-0.1, -0.05) is 11.6 Å². The molecule has 0 amide bonds. The fourth-order valence-electron chi connectivity index (χ4n) is 3.01. The molecule has 0 bridgehead atoms. The average molecular weight is 407 g/mol. The highest BCUT2D eigenvalue weighted by atomic mass is 35.5. The number of benzene rings is 1. The van der Waals surface area contributed by atoms with Crippen LogP contribution in [0, 0.1) is 0 Å². The van der Waals surface area contributed by atoms with Gasteiger partial charge in [-0.3, -0.25) is 4.79 Å². The van der Waals surface area contributed by atoms with E-state index >= 15 is 0 Å². The maximum atomic E-state index is 13.3. The lowest BCUT2D eigenvalue weighted by Crippen LogP contribution is -2.43. The molecule has 9 heteroatoms. The van der Waals surface area contributed by atoms with Gasteiger partial charge >= 0.3 is 0 Å². The van der Waals surface area contributed by atoms with E-state index in [0.29, 0.717) is 16.2 Å². The Hall–Kier alpha value is -2.29. The molecule has 3 rings (SSSR count). The lowest BCUT2D eigenvalue weighted by Gasteiger charge is -2.36. The van der Waals surface area contributed by atoms with Crippen LogP contribution in [0.25, 0.3) is 0 Å². The Morgan fingerprint density at radius 2 is 1.81 bits per heavy atom. The minimum atomic E-state index is -3.86. The van der Waals surface area contributed by atoms with E-state index < -0.39 is 16.1 Å². The molecular weight excluding hydrogens is 388 g/mol. The molecule has 7 nitrogen and oxygen atoms in total. The van der Waals surface area contributed by atoms with Crippen molar-refractivity contribution in [2.75, 3.05) is 20.6 Å². The second-order valence-electron chi connectivity index (χ2n) is 6.37. The predicted octanol–water partition coefficient (Wildman–Crippen LogP) is 2.28.